The second kappa shape index (κ2) is 5.86. The first-order valence-electron chi connectivity index (χ1n) is 5.31. The van der Waals surface area contributed by atoms with E-state index < -0.39 is 34.5 Å². The van der Waals surface area contributed by atoms with E-state index >= 15 is 0 Å². The summed E-state index contributed by atoms with van der Waals surface area (Å²) < 4.78 is 25.8. The van der Waals surface area contributed by atoms with E-state index in [0.717, 1.165) is 12.1 Å². The summed E-state index contributed by atoms with van der Waals surface area (Å²) in [5.74, 6) is -1.82. The van der Waals surface area contributed by atoms with Gasteiger partial charge in [-0.05, 0) is 18.2 Å². The number of amides is 2. The van der Waals surface area contributed by atoms with Gasteiger partial charge in [0, 0.05) is 12.1 Å². The van der Waals surface area contributed by atoms with E-state index in [4.69, 9.17) is 22.3 Å². The van der Waals surface area contributed by atoms with Crippen LogP contribution in [0, 0.1) is 0 Å². The molecular weight excluding hydrogens is 288 g/mol. The molecule has 0 fully saturated rings. The first-order chi connectivity index (χ1) is 9.15. The third kappa shape index (κ3) is 3.66. The molecule has 0 aliphatic rings. The number of primary amides is 2. The van der Waals surface area contributed by atoms with Crippen LogP contribution in [0.1, 0.15) is 10.4 Å². The average Bonchev–Trinajstić information content (AvgIpc) is 2.35. The lowest BCUT2D eigenvalue weighted by Gasteiger charge is -2.11. The van der Waals surface area contributed by atoms with Gasteiger partial charge < -0.3 is 22.3 Å². The third-order valence-corrected chi connectivity index (χ3v) is 3.88. The lowest BCUT2D eigenvalue weighted by molar-refractivity contribution is -0.125. The number of aliphatic hydroxyl groups is 1. The van der Waals surface area contributed by atoms with Crippen molar-refractivity contribution >= 4 is 27.5 Å². The van der Waals surface area contributed by atoms with E-state index in [2.05, 4.69) is 0 Å². The third-order valence-electron chi connectivity index (χ3n) is 2.38. The number of rotatable bonds is 6. The number of hydrogen-bond acceptors (Lipinski definition) is 6. The van der Waals surface area contributed by atoms with E-state index in [-0.39, 0.29) is 16.1 Å². The molecule has 1 aromatic carbocycles. The van der Waals surface area contributed by atoms with Crippen LogP contribution >= 0.6 is 0 Å². The maximum atomic E-state index is 11.9. The summed E-state index contributed by atoms with van der Waals surface area (Å²) in [5.41, 5.74) is 15.2. The highest BCUT2D eigenvalue weighted by atomic mass is 32.2. The molecule has 10 heteroatoms. The van der Waals surface area contributed by atoms with Gasteiger partial charge in [-0.1, -0.05) is 0 Å². The van der Waals surface area contributed by atoms with Crippen molar-refractivity contribution in [1.29, 1.82) is 0 Å². The van der Waals surface area contributed by atoms with Crippen LogP contribution in [0.2, 0.25) is 0 Å². The summed E-state index contributed by atoms with van der Waals surface area (Å²) in [6, 6.07) is 3.40. The Kier molecular flexibility index (Phi) is 4.65. The van der Waals surface area contributed by atoms with Crippen LogP contribution in [0.4, 0.5) is 5.69 Å². The standard InChI is InChI=1S/C10H14N4O5S/c11-6-3-5(9(12)16)1-2-8(6)20(18,19)14-4-7(15)10(13)17/h1-3,7,14-15H,4,11H2,(H2,12,16)(H2,13,17). The predicted molar refractivity (Wildman–Crippen MR) is 69.8 cm³/mol. The molecular formula is C10H14N4O5S. The Balaban J connectivity index is 2.99. The number of anilines is 1. The molecule has 20 heavy (non-hydrogen) atoms. The molecule has 1 aromatic rings. The summed E-state index contributed by atoms with van der Waals surface area (Å²) in [4.78, 5) is 21.2. The number of hydrogen-bond donors (Lipinski definition) is 5. The number of aliphatic hydroxyl groups excluding tert-OH is 1. The van der Waals surface area contributed by atoms with E-state index in [9.17, 15) is 18.0 Å². The summed E-state index contributed by atoms with van der Waals surface area (Å²) >= 11 is 0. The van der Waals surface area contributed by atoms with Crippen LogP contribution in [0.25, 0.3) is 0 Å². The van der Waals surface area contributed by atoms with Crippen molar-refractivity contribution < 1.29 is 23.1 Å². The minimum Gasteiger partial charge on any atom is -0.398 e. The lowest BCUT2D eigenvalue weighted by Crippen LogP contribution is -2.40. The van der Waals surface area contributed by atoms with Gasteiger partial charge in [-0.2, -0.15) is 0 Å². The maximum Gasteiger partial charge on any atom is 0.248 e. The zero-order valence-electron chi connectivity index (χ0n) is 10.2. The number of sulfonamides is 1. The van der Waals surface area contributed by atoms with Crippen molar-refractivity contribution in [3.05, 3.63) is 23.8 Å². The van der Waals surface area contributed by atoms with Gasteiger partial charge in [0.05, 0.1) is 5.69 Å². The Morgan fingerprint density at radius 3 is 2.35 bits per heavy atom. The monoisotopic (exact) mass is 302 g/mol. The fourth-order valence-electron chi connectivity index (χ4n) is 1.31. The number of nitrogens with two attached hydrogens (primary N) is 3. The van der Waals surface area contributed by atoms with Crippen molar-refractivity contribution in [2.75, 3.05) is 12.3 Å². The molecule has 8 N–H and O–H groups in total. The van der Waals surface area contributed by atoms with Crippen LogP contribution in [0.15, 0.2) is 23.1 Å². The van der Waals surface area contributed by atoms with E-state index in [1.165, 1.54) is 6.07 Å². The zero-order valence-corrected chi connectivity index (χ0v) is 11.1. The van der Waals surface area contributed by atoms with Crippen molar-refractivity contribution in [3.63, 3.8) is 0 Å². The van der Waals surface area contributed by atoms with Gasteiger partial charge in [0.15, 0.2) is 0 Å². The molecule has 1 atom stereocenters. The molecule has 0 bridgehead atoms. The first kappa shape index (κ1) is 15.9. The molecule has 0 radical (unpaired) electrons. The van der Waals surface area contributed by atoms with Crippen LogP contribution < -0.4 is 21.9 Å². The molecule has 1 unspecified atom stereocenters. The van der Waals surface area contributed by atoms with E-state index in [1.54, 1.807) is 0 Å². The Bertz CT molecular complexity index is 643. The van der Waals surface area contributed by atoms with Crippen LogP contribution in [0.3, 0.4) is 0 Å². The van der Waals surface area contributed by atoms with Crippen molar-refractivity contribution in [2.45, 2.75) is 11.0 Å². The van der Waals surface area contributed by atoms with Crippen LogP contribution in [0.5, 0.6) is 0 Å². The summed E-state index contributed by atoms with van der Waals surface area (Å²) in [5, 5.41) is 9.13. The topological polar surface area (TPSA) is 179 Å². The highest BCUT2D eigenvalue weighted by Gasteiger charge is 2.21. The summed E-state index contributed by atoms with van der Waals surface area (Å²) in [6.45, 7) is -0.589. The number of nitrogens with one attached hydrogen (secondary N) is 1. The first-order valence-corrected chi connectivity index (χ1v) is 6.80. The number of nitrogen functional groups attached to an aromatic ring is 1. The number of benzene rings is 1. The van der Waals surface area contributed by atoms with Crippen molar-refractivity contribution in [1.82, 2.24) is 4.72 Å². The minimum absolute atomic E-state index is 0.0543. The Morgan fingerprint density at radius 1 is 1.30 bits per heavy atom. The van der Waals surface area contributed by atoms with Crippen LogP contribution in [-0.2, 0) is 14.8 Å². The fraction of sp³-hybridized carbons (Fsp3) is 0.200. The smallest absolute Gasteiger partial charge is 0.248 e. The second-order valence-electron chi connectivity index (χ2n) is 3.89. The van der Waals surface area contributed by atoms with Gasteiger partial charge >= 0.3 is 0 Å². The molecule has 0 aliphatic heterocycles. The van der Waals surface area contributed by atoms with E-state index in [0.29, 0.717) is 0 Å². The Labute approximate surface area is 114 Å². The fourth-order valence-corrected chi connectivity index (χ4v) is 2.46. The highest BCUT2D eigenvalue weighted by molar-refractivity contribution is 7.89. The normalized spacial score (nSPS) is 12.8. The molecule has 1 rings (SSSR count). The molecule has 0 spiro atoms. The van der Waals surface area contributed by atoms with Gasteiger partial charge in [-0.15, -0.1) is 0 Å². The summed E-state index contributed by atoms with van der Waals surface area (Å²) in [7, 11) is -4.06. The maximum absolute atomic E-state index is 11.9. The van der Waals surface area contributed by atoms with Gasteiger partial charge in [0.2, 0.25) is 21.8 Å². The van der Waals surface area contributed by atoms with Crippen LogP contribution in [-0.4, -0.2) is 38.0 Å². The van der Waals surface area contributed by atoms with Gasteiger partial charge in [-0.25, -0.2) is 13.1 Å². The van der Waals surface area contributed by atoms with Gasteiger partial charge in [0.1, 0.15) is 11.0 Å². The molecule has 110 valence electrons. The van der Waals surface area contributed by atoms with E-state index in [1.807, 2.05) is 4.72 Å². The largest absolute Gasteiger partial charge is 0.398 e. The quantitative estimate of drug-likeness (QED) is 0.362. The molecule has 0 saturated carbocycles. The predicted octanol–water partition coefficient (Wildman–Crippen LogP) is -2.51. The molecule has 2 amide bonds. The molecule has 0 heterocycles. The SMILES string of the molecule is NC(=O)c1ccc(S(=O)(=O)NCC(O)C(N)=O)c(N)c1. The molecule has 0 aromatic heterocycles. The highest BCUT2D eigenvalue weighted by Crippen LogP contribution is 2.19. The Hall–Kier alpha value is -2.17. The molecule has 0 saturated heterocycles. The Morgan fingerprint density at radius 2 is 1.90 bits per heavy atom. The van der Waals surface area contributed by atoms with Gasteiger partial charge in [0.25, 0.3) is 0 Å². The second-order valence-corrected chi connectivity index (χ2v) is 5.62. The van der Waals surface area contributed by atoms with Gasteiger partial charge in [-0.3, -0.25) is 9.59 Å². The zero-order chi connectivity index (χ0) is 15.5. The number of carbonyl (C=O) groups is 2. The molecule has 9 nitrogen and oxygen atoms in total. The minimum atomic E-state index is -4.06. The van der Waals surface area contributed by atoms with Crippen molar-refractivity contribution in [2.24, 2.45) is 11.5 Å². The lowest BCUT2D eigenvalue weighted by atomic mass is 10.2. The number of carbonyl (C=O) groups excluding carboxylic acids is 2. The average molecular weight is 302 g/mol. The van der Waals surface area contributed by atoms with Crippen molar-refractivity contribution in [3.8, 4) is 0 Å². The summed E-state index contributed by atoms with van der Waals surface area (Å²) in [6.07, 6.45) is -1.66. The molecule has 0 aliphatic carbocycles.